The summed E-state index contributed by atoms with van der Waals surface area (Å²) >= 11 is 0. The van der Waals surface area contributed by atoms with Crippen molar-refractivity contribution in [2.75, 3.05) is 0 Å². The van der Waals surface area contributed by atoms with Gasteiger partial charge in [0.15, 0.2) is 0 Å². The van der Waals surface area contributed by atoms with Crippen molar-refractivity contribution in [3.63, 3.8) is 0 Å². The van der Waals surface area contributed by atoms with Crippen molar-refractivity contribution in [2.45, 2.75) is 65.2 Å². The van der Waals surface area contributed by atoms with Crippen LogP contribution in [-0.2, 0) is 13.5 Å². The highest BCUT2D eigenvalue weighted by Crippen LogP contribution is 2.12. The van der Waals surface area contributed by atoms with E-state index in [0.29, 0.717) is 0 Å². The fraction of sp³-hybridized carbons (Fsp3) is 0.857. The van der Waals surface area contributed by atoms with Crippen LogP contribution >= 0.6 is 0 Å². The van der Waals surface area contributed by atoms with E-state index >= 15 is 0 Å². The van der Waals surface area contributed by atoms with Gasteiger partial charge < -0.3 is 0 Å². The Balaban J connectivity index is 1.88. The van der Waals surface area contributed by atoms with Crippen LogP contribution in [0.25, 0.3) is 0 Å². The zero-order valence-corrected chi connectivity index (χ0v) is 11.7. The third-order valence-electron chi connectivity index (χ3n) is 3.11. The van der Waals surface area contributed by atoms with Crippen molar-refractivity contribution in [2.24, 2.45) is 13.0 Å². The molecule has 0 saturated carbocycles. The van der Waals surface area contributed by atoms with E-state index in [2.05, 4.69) is 24.2 Å². The van der Waals surface area contributed by atoms with Gasteiger partial charge in [-0.15, -0.1) is 5.10 Å². The van der Waals surface area contributed by atoms with E-state index in [1.54, 1.807) is 4.68 Å². The van der Waals surface area contributed by atoms with E-state index in [-0.39, 0.29) is 0 Å². The molecule has 0 atom stereocenters. The van der Waals surface area contributed by atoms with Gasteiger partial charge in [0.25, 0.3) is 0 Å². The molecule has 0 aliphatic heterocycles. The van der Waals surface area contributed by atoms with Gasteiger partial charge in [0.2, 0.25) is 0 Å². The van der Waals surface area contributed by atoms with Crippen molar-refractivity contribution in [1.29, 1.82) is 0 Å². The third kappa shape index (κ3) is 7.14. The minimum atomic E-state index is 0.867. The average Bonchev–Trinajstić information content (AvgIpc) is 2.68. The van der Waals surface area contributed by atoms with E-state index in [9.17, 15) is 0 Å². The number of unbranched alkanes of at least 4 members (excludes halogenated alkanes) is 5. The maximum absolute atomic E-state index is 4.10. The van der Waals surface area contributed by atoms with E-state index < -0.39 is 0 Å². The van der Waals surface area contributed by atoms with Gasteiger partial charge in [-0.1, -0.05) is 57.6 Å². The maximum atomic E-state index is 4.10. The van der Waals surface area contributed by atoms with Crippen LogP contribution in [0.2, 0.25) is 0 Å². The zero-order valence-electron chi connectivity index (χ0n) is 11.7. The molecule has 3 heteroatoms. The molecule has 0 fully saturated rings. The first-order valence-electron chi connectivity index (χ1n) is 7.03. The molecule has 0 N–H and O–H groups in total. The molecule has 0 unspecified atom stereocenters. The number of aryl methyl sites for hydroxylation is 2. The molecule has 0 aromatic carbocycles. The lowest BCUT2D eigenvalue weighted by molar-refractivity contribution is 0.511. The first-order valence-corrected chi connectivity index (χ1v) is 7.03. The molecule has 0 saturated heterocycles. The van der Waals surface area contributed by atoms with Crippen LogP contribution in [0.4, 0.5) is 0 Å². The second kappa shape index (κ2) is 8.26. The first-order chi connectivity index (χ1) is 8.18. The summed E-state index contributed by atoms with van der Waals surface area (Å²) in [5.41, 5.74) is 1.13. The Morgan fingerprint density at radius 2 is 1.71 bits per heavy atom. The fourth-order valence-corrected chi connectivity index (χ4v) is 2.08. The molecule has 0 radical (unpaired) electrons. The summed E-state index contributed by atoms with van der Waals surface area (Å²) in [6.07, 6.45) is 12.7. The number of rotatable bonds is 9. The second-order valence-electron chi connectivity index (χ2n) is 5.44. The smallest absolute Gasteiger partial charge is 0.0827 e. The SMILES string of the molecule is CC(C)CCCCCCCCc1cn(C)nn1. The van der Waals surface area contributed by atoms with Gasteiger partial charge in [-0.3, -0.25) is 4.68 Å². The quantitative estimate of drug-likeness (QED) is 0.612. The topological polar surface area (TPSA) is 30.7 Å². The van der Waals surface area contributed by atoms with Crippen LogP contribution in [0.3, 0.4) is 0 Å². The van der Waals surface area contributed by atoms with Crippen molar-refractivity contribution < 1.29 is 0 Å². The Labute approximate surface area is 106 Å². The largest absolute Gasteiger partial charge is 0.255 e. The van der Waals surface area contributed by atoms with E-state index in [4.69, 9.17) is 0 Å². The summed E-state index contributed by atoms with van der Waals surface area (Å²) in [6, 6.07) is 0. The molecule has 1 aromatic rings. The number of hydrogen-bond donors (Lipinski definition) is 0. The Morgan fingerprint density at radius 3 is 2.29 bits per heavy atom. The summed E-state index contributed by atoms with van der Waals surface area (Å²) in [5, 5.41) is 8.03. The molecule has 1 heterocycles. The molecule has 98 valence electrons. The Hall–Kier alpha value is -0.860. The predicted octanol–water partition coefficient (Wildman–Crippen LogP) is 3.74. The van der Waals surface area contributed by atoms with Crippen LogP contribution in [0.15, 0.2) is 6.20 Å². The van der Waals surface area contributed by atoms with Crippen LogP contribution in [0.1, 0.15) is 64.5 Å². The van der Waals surface area contributed by atoms with Crippen molar-refractivity contribution in [3.8, 4) is 0 Å². The monoisotopic (exact) mass is 237 g/mol. The van der Waals surface area contributed by atoms with Gasteiger partial charge in [0, 0.05) is 13.2 Å². The van der Waals surface area contributed by atoms with Gasteiger partial charge in [-0.05, 0) is 18.8 Å². The van der Waals surface area contributed by atoms with Gasteiger partial charge in [-0.25, -0.2) is 0 Å². The first kappa shape index (κ1) is 14.2. The molecule has 17 heavy (non-hydrogen) atoms. The zero-order chi connectivity index (χ0) is 12.5. The normalized spacial score (nSPS) is 11.3. The molecule has 0 amide bonds. The summed E-state index contributed by atoms with van der Waals surface area (Å²) in [4.78, 5) is 0. The number of aromatic nitrogens is 3. The van der Waals surface area contributed by atoms with Gasteiger partial charge >= 0.3 is 0 Å². The van der Waals surface area contributed by atoms with E-state index in [1.165, 1.54) is 44.9 Å². The molecule has 0 aliphatic carbocycles. The highest BCUT2D eigenvalue weighted by Gasteiger charge is 1.98. The van der Waals surface area contributed by atoms with Crippen LogP contribution in [0.5, 0.6) is 0 Å². The summed E-state index contributed by atoms with van der Waals surface area (Å²) in [7, 11) is 1.92. The van der Waals surface area contributed by atoms with E-state index in [1.807, 2.05) is 13.2 Å². The number of nitrogens with zero attached hydrogens (tertiary/aromatic N) is 3. The molecule has 1 rings (SSSR count). The molecule has 0 aliphatic rings. The Morgan fingerprint density at radius 1 is 1.06 bits per heavy atom. The summed E-state index contributed by atoms with van der Waals surface area (Å²) in [5.74, 6) is 0.867. The average molecular weight is 237 g/mol. The third-order valence-corrected chi connectivity index (χ3v) is 3.11. The van der Waals surface area contributed by atoms with Gasteiger partial charge in [-0.2, -0.15) is 0 Å². The van der Waals surface area contributed by atoms with E-state index in [0.717, 1.165) is 18.0 Å². The molecule has 0 spiro atoms. The lowest BCUT2D eigenvalue weighted by Crippen LogP contribution is -1.88. The van der Waals surface area contributed by atoms with Crippen molar-refractivity contribution >= 4 is 0 Å². The fourth-order valence-electron chi connectivity index (χ4n) is 2.08. The molecular weight excluding hydrogens is 210 g/mol. The Kier molecular flexibility index (Phi) is 6.90. The number of hydrogen-bond acceptors (Lipinski definition) is 2. The predicted molar refractivity (Wildman–Crippen MR) is 71.9 cm³/mol. The second-order valence-corrected chi connectivity index (χ2v) is 5.44. The standard InChI is InChI=1S/C14H27N3/c1-13(2)10-8-6-4-5-7-9-11-14-12-17(3)16-15-14/h12-13H,4-11H2,1-3H3. The summed E-state index contributed by atoms with van der Waals surface area (Å²) < 4.78 is 1.78. The van der Waals surface area contributed by atoms with Crippen LogP contribution in [-0.4, -0.2) is 15.0 Å². The van der Waals surface area contributed by atoms with Gasteiger partial charge in [0.1, 0.15) is 0 Å². The molecular formula is C14H27N3. The molecule has 0 bridgehead atoms. The maximum Gasteiger partial charge on any atom is 0.0827 e. The van der Waals surface area contributed by atoms with Crippen molar-refractivity contribution in [3.05, 3.63) is 11.9 Å². The van der Waals surface area contributed by atoms with Crippen molar-refractivity contribution in [1.82, 2.24) is 15.0 Å². The molecule has 3 nitrogen and oxygen atoms in total. The minimum absolute atomic E-state index is 0.867. The lowest BCUT2D eigenvalue weighted by Gasteiger charge is -2.03. The van der Waals surface area contributed by atoms with Crippen LogP contribution < -0.4 is 0 Å². The minimum Gasteiger partial charge on any atom is -0.255 e. The lowest BCUT2D eigenvalue weighted by atomic mass is 10.0. The van der Waals surface area contributed by atoms with Crippen LogP contribution in [0, 0.1) is 5.92 Å². The highest BCUT2D eigenvalue weighted by atomic mass is 15.4. The highest BCUT2D eigenvalue weighted by molar-refractivity contribution is 4.91. The van der Waals surface area contributed by atoms with Gasteiger partial charge in [0.05, 0.1) is 5.69 Å². The molecule has 1 aromatic heterocycles. The Bertz CT molecular complexity index is 291. The summed E-state index contributed by atoms with van der Waals surface area (Å²) in [6.45, 7) is 4.61.